The third kappa shape index (κ3) is 6.08. The molecule has 2 aromatic heterocycles. The van der Waals surface area contributed by atoms with Gasteiger partial charge in [0.1, 0.15) is 0 Å². The fourth-order valence-electron chi connectivity index (χ4n) is 8.05. The summed E-state index contributed by atoms with van der Waals surface area (Å²) in [6.45, 7) is 0. The van der Waals surface area contributed by atoms with Crippen LogP contribution in [0.5, 0.6) is 0 Å². The molecular formula is C52H38N4. The summed E-state index contributed by atoms with van der Waals surface area (Å²) in [5.74, 6) is 0.702. The van der Waals surface area contributed by atoms with E-state index in [0.717, 1.165) is 40.8 Å². The van der Waals surface area contributed by atoms with Gasteiger partial charge in [-0.05, 0) is 106 Å². The van der Waals surface area contributed by atoms with E-state index in [4.69, 9.17) is 0 Å². The Morgan fingerprint density at radius 1 is 0.464 bits per heavy atom. The van der Waals surface area contributed by atoms with Crippen molar-refractivity contribution in [2.24, 2.45) is 0 Å². The van der Waals surface area contributed by atoms with Gasteiger partial charge in [-0.2, -0.15) is 0 Å². The van der Waals surface area contributed by atoms with E-state index in [-0.39, 0.29) is 0 Å². The molecule has 1 aliphatic rings. The van der Waals surface area contributed by atoms with Crippen LogP contribution in [-0.2, 0) is 0 Å². The largest absolute Gasteiger partial charge is 0.249 e. The maximum atomic E-state index is 4.54. The van der Waals surface area contributed by atoms with Crippen molar-refractivity contribution in [3.05, 3.63) is 212 Å². The smallest absolute Gasteiger partial charge is 0.159 e. The maximum absolute atomic E-state index is 4.54. The molecule has 1 aliphatic carbocycles. The Labute approximate surface area is 327 Å². The fraction of sp³-hybridized carbons (Fsp3) is 0.0385. The highest BCUT2D eigenvalue weighted by Gasteiger charge is 2.25. The highest BCUT2D eigenvalue weighted by molar-refractivity contribution is 6.18. The molecule has 0 atom stereocenters. The van der Waals surface area contributed by atoms with E-state index in [0.29, 0.717) is 5.82 Å². The summed E-state index contributed by atoms with van der Waals surface area (Å²) in [7, 11) is 0. The Bertz CT molecular complexity index is 2770. The average molecular weight is 719 g/mol. The lowest BCUT2D eigenvalue weighted by molar-refractivity contribution is 0.887. The van der Waals surface area contributed by atoms with E-state index < -0.39 is 0 Å². The number of hydrogen-bond donors (Lipinski definition) is 0. The molecule has 0 unspecified atom stereocenters. The number of benzene rings is 7. The summed E-state index contributed by atoms with van der Waals surface area (Å²) in [5, 5.41) is 4.81. The molecule has 4 heteroatoms. The molecule has 9 aromatic rings. The molecule has 7 aromatic carbocycles. The SMILES string of the molecule is C1=CC(c2ccc(-c3ccccc3)c3c2c2cc(-c4ccccc4)ccc2n3N(c2ccc(-c3ccccc3)cc2)c2ccc(-c3ncccn3)cc2)=CCC1. The van der Waals surface area contributed by atoms with Gasteiger partial charge in [0.15, 0.2) is 5.82 Å². The van der Waals surface area contributed by atoms with Crippen LogP contribution in [0.2, 0.25) is 0 Å². The zero-order chi connectivity index (χ0) is 37.3. The Balaban J connectivity index is 1.30. The Morgan fingerprint density at radius 3 is 1.64 bits per heavy atom. The molecule has 10 rings (SSSR count). The van der Waals surface area contributed by atoms with Gasteiger partial charge in [-0.25, -0.2) is 19.7 Å². The standard InChI is InChI=1S/C52H38N4/c1-5-14-37(15-6-1)39-22-27-44(28-23-39)55(45-29-24-42(25-30-45)52-53-34-13-35-54-52)56-49-33-26-43(38-16-7-2-8-17-38)36-48(49)50-46(40-18-9-3-10-19-40)31-32-47(51(50)56)41-20-11-4-12-21-41/h1-2,4-9,11-36H,3,10H2. The molecule has 0 spiro atoms. The lowest BCUT2D eigenvalue weighted by Crippen LogP contribution is -2.24. The first-order valence-electron chi connectivity index (χ1n) is 19.2. The minimum Gasteiger partial charge on any atom is -0.249 e. The van der Waals surface area contributed by atoms with E-state index in [9.17, 15) is 0 Å². The Kier molecular flexibility index (Phi) is 8.62. The number of fused-ring (bicyclic) bond motifs is 3. The van der Waals surface area contributed by atoms with Crippen LogP contribution in [0.1, 0.15) is 18.4 Å². The number of aromatic nitrogens is 3. The molecule has 0 bridgehead atoms. The summed E-state index contributed by atoms with van der Waals surface area (Å²) >= 11 is 0. The number of hydrogen-bond acceptors (Lipinski definition) is 3. The van der Waals surface area contributed by atoms with Crippen LogP contribution in [0.15, 0.2) is 207 Å². The normalized spacial score (nSPS) is 12.5. The van der Waals surface area contributed by atoms with Crippen molar-refractivity contribution >= 4 is 38.8 Å². The number of allylic oxidation sites excluding steroid dienone is 4. The van der Waals surface area contributed by atoms with Gasteiger partial charge < -0.3 is 0 Å². The lowest BCUT2D eigenvalue weighted by Gasteiger charge is -2.29. The molecule has 0 amide bonds. The average Bonchev–Trinajstić information content (AvgIpc) is 3.62. The van der Waals surface area contributed by atoms with Gasteiger partial charge in [0.25, 0.3) is 0 Å². The van der Waals surface area contributed by atoms with Crippen molar-refractivity contribution in [3.63, 3.8) is 0 Å². The highest BCUT2D eigenvalue weighted by Crippen LogP contribution is 2.45. The molecular weight excluding hydrogens is 681 g/mol. The van der Waals surface area contributed by atoms with Crippen molar-refractivity contribution in [3.8, 4) is 44.8 Å². The van der Waals surface area contributed by atoms with Gasteiger partial charge in [-0.1, -0.05) is 140 Å². The summed E-state index contributed by atoms with van der Waals surface area (Å²) < 4.78 is 2.45. The van der Waals surface area contributed by atoms with Gasteiger partial charge in [-0.3, -0.25) is 0 Å². The minimum absolute atomic E-state index is 0.702. The second-order valence-electron chi connectivity index (χ2n) is 14.1. The quantitative estimate of drug-likeness (QED) is 0.157. The first kappa shape index (κ1) is 33.3. The van der Waals surface area contributed by atoms with Crippen LogP contribution >= 0.6 is 0 Å². The molecule has 266 valence electrons. The van der Waals surface area contributed by atoms with Crippen LogP contribution < -0.4 is 5.01 Å². The molecule has 0 saturated heterocycles. The molecule has 0 fully saturated rings. The number of nitrogens with zero attached hydrogens (tertiary/aromatic N) is 4. The van der Waals surface area contributed by atoms with E-state index in [1.165, 1.54) is 55.3 Å². The summed E-state index contributed by atoms with van der Waals surface area (Å²) in [4.78, 5) is 9.09. The van der Waals surface area contributed by atoms with Gasteiger partial charge in [0.05, 0.1) is 22.4 Å². The van der Waals surface area contributed by atoms with Gasteiger partial charge in [0.2, 0.25) is 0 Å². The second-order valence-corrected chi connectivity index (χ2v) is 14.1. The molecule has 0 saturated carbocycles. The molecule has 56 heavy (non-hydrogen) atoms. The third-order valence-corrected chi connectivity index (χ3v) is 10.7. The summed E-state index contributed by atoms with van der Waals surface area (Å²) in [6, 6.07) is 63.1. The zero-order valence-electron chi connectivity index (χ0n) is 30.8. The lowest BCUT2D eigenvalue weighted by atomic mass is 9.91. The van der Waals surface area contributed by atoms with E-state index in [2.05, 4.69) is 208 Å². The van der Waals surface area contributed by atoms with Crippen molar-refractivity contribution in [1.82, 2.24) is 14.6 Å². The van der Waals surface area contributed by atoms with E-state index in [1.54, 1.807) is 12.4 Å². The van der Waals surface area contributed by atoms with Crippen molar-refractivity contribution < 1.29 is 0 Å². The van der Waals surface area contributed by atoms with Crippen LogP contribution in [0, 0.1) is 0 Å². The summed E-state index contributed by atoms with van der Waals surface area (Å²) in [5.41, 5.74) is 14.9. The van der Waals surface area contributed by atoms with E-state index >= 15 is 0 Å². The van der Waals surface area contributed by atoms with Crippen LogP contribution in [0.4, 0.5) is 11.4 Å². The zero-order valence-corrected chi connectivity index (χ0v) is 30.8. The second kappa shape index (κ2) is 14.5. The van der Waals surface area contributed by atoms with Crippen molar-refractivity contribution in [2.75, 3.05) is 5.01 Å². The first-order valence-corrected chi connectivity index (χ1v) is 19.2. The van der Waals surface area contributed by atoms with Crippen molar-refractivity contribution in [1.29, 1.82) is 0 Å². The topological polar surface area (TPSA) is 34.0 Å². The number of rotatable bonds is 8. The monoisotopic (exact) mass is 718 g/mol. The number of anilines is 2. The first-order chi connectivity index (χ1) is 27.8. The predicted octanol–water partition coefficient (Wildman–Crippen LogP) is 13.6. The highest BCUT2D eigenvalue weighted by atomic mass is 15.6. The third-order valence-electron chi connectivity index (χ3n) is 10.7. The Morgan fingerprint density at radius 2 is 1.02 bits per heavy atom. The molecule has 0 N–H and O–H groups in total. The minimum atomic E-state index is 0.702. The van der Waals surface area contributed by atoms with Crippen LogP contribution in [0.3, 0.4) is 0 Å². The van der Waals surface area contributed by atoms with Crippen LogP contribution in [-0.4, -0.2) is 14.6 Å². The van der Waals surface area contributed by atoms with Gasteiger partial charge in [0, 0.05) is 34.3 Å². The Hall–Kier alpha value is -7.30. The summed E-state index contributed by atoms with van der Waals surface area (Å²) in [6.07, 6.45) is 12.7. The van der Waals surface area contributed by atoms with Crippen LogP contribution in [0.25, 0.3) is 72.1 Å². The molecule has 0 aliphatic heterocycles. The fourth-order valence-corrected chi connectivity index (χ4v) is 8.05. The van der Waals surface area contributed by atoms with Gasteiger partial charge in [-0.15, -0.1) is 0 Å². The van der Waals surface area contributed by atoms with Gasteiger partial charge >= 0.3 is 0 Å². The maximum Gasteiger partial charge on any atom is 0.159 e. The van der Waals surface area contributed by atoms with E-state index in [1.807, 2.05) is 6.07 Å². The molecule has 4 nitrogen and oxygen atoms in total. The predicted molar refractivity (Wildman–Crippen MR) is 234 cm³/mol. The molecule has 0 radical (unpaired) electrons. The molecule has 2 heterocycles. The van der Waals surface area contributed by atoms with Crippen molar-refractivity contribution in [2.45, 2.75) is 12.8 Å².